The van der Waals surface area contributed by atoms with Gasteiger partial charge in [0.05, 0.1) is 5.60 Å². The van der Waals surface area contributed by atoms with Crippen molar-refractivity contribution in [3.05, 3.63) is 35.9 Å². The van der Waals surface area contributed by atoms with E-state index in [0.717, 1.165) is 32.1 Å². The molecule has 2 aliphatic rings. The van der Waals surface area contributed by atoms with Crippen molar-refractivity contribution in [3.63, 3.8) is 0 Å². The highest BCUT2D eigenvalue weighted by Crippen LogP contribution is 2.34. The number of benzene rings is 1. The van der Waals surface area contributed by atoms with E-state index in [1.165, 1.54) is 0 Å². The van der Waals surface area contributed by atoms with Crippen LogP contribution in [0.1, 0.15) is 55.8 Å². The largest absolute Gasteiger partial charge is 0.388 e. The molecule has 5 heteroatoms. The predicted octanol–water partition coefficient (Wildman–Crippen LogP) is 2.44. The highest BCUT2D eigenvalue weighted by molar-refractivity contribution is 5.99. The molecule has 1 saturated carbocycles. The first-order chi connectivity index (χ1) is 11.9. The van der Waals surface area contributed by atoms with Crippen LogP contribution in [-0.4, -0.2) is 58.0 Å². The maximum absolute atomic E-state index is 13.2. The van der Waals surface area contributed by atoms with Crippen LogP contribution >= 0.6 is 0 Å². The monoisotopic (exact) mass is 344 g/mol. The van der Waals surface area contributed by atoms with E-state index in [0.29, 0.717) is 25.1 Å². The summed E-state index contributed by atoms with van der Waals surface area (Å²) in [5.41, 5.74) is -0.995. The van der Waals surface area contributed by atoms with Crippen molar-refractivity contribution in [2.45, 2.75) is 56.6 Å². The highest BCUT2D eigenvalue weighted by Gasteiger charge is 2.48. The summed E-state index contributed by atoms with van der Waals surface area (Å²) in [5, 5.41) is 10.6. The molecule has 1 unspecified atom stereocenters. The van der Waals surface area contributed by atoms with Crippen molar-refractivity contribution in [3.8, 4) is 0 Å². The summed E-state index contributed by atoms with van der Waals surface area (Å²) in [6.07, 6.45) is 4.98. The number of carbonyl (C=O) groups excluding carboxylic acids is 2. The van der Waals surface area contributed by atoms with Gasteiger partial charge in [-0.25, -0.2) is 0 Å². The number of carbonyl (C=O) groups is 2. The van der Waals surface area contributed by atoms with Crippen molar-refractivity contribution >= 4 is 11.8 Å². The summed E-state index contributed by atoms with van der Waals surface area (Å²) in [7, 11) is 1.74. The Morgan fingerprint density at radius 1 is 1.12 bits per heavy atom. The standard InChI is InChI=1S/C20H28N2O3/c1-19(18(24)21(2)15-20(25)12-6-7-13-20)11-8-14-22(19)17(23)16-9-4-3-5-10-16/h3-5,9-10,25H,6-8,11-15H2,1-2H3. The van der Waals surface area contributed by atoms with E-state index in [1.807, 2.05) is 25.1 Å². The van der Waals surface area contributed by atoms with Gasteiger partial charge in [0.25, 0.3) is 5.91 Å². The minimum atomic E-state index is -0.837. The lowest BCUT2D eigenvalue weighted by atomic mass is 9.94. The van der Waals surface area contributed by atoms with Crippen LogP contribution < -0.4 is 0 Å². The molecule has 2 amide bonds. The summed E-state index contributed by atoms with van der Waals surface area (Å²) in [6, 6.07) is 9.13. The fourth-order valence-corrected chi connectivity index (χ4v) is 4.36. The molecule has 1 N–H and O–H groups in total. The van der Waals surface area contributed by atoms with E-state index >= 15 is 0 Å². The fraction of sp³-hybridized carbons (Fsp3) is 0.600. The van der Waals surface area contributed by atoms with Crippen molar-refractivity contribution < 1.29 is 14.7 Å². The Morgan fingerprint density at radius 3 is 2.40 bits per heavy atom. The lowest BCUT2D eigenvalue weighted by Gasteiger charge is -2.39. The summed E-state index contributed by atoms with van der Waals surface area (Å²) in [5.74, 6) is -0.170. The van der Waals surface area contributed by atoms with E-state index in [4.69, 9.17) is 0 Å². The Hall–Kier alpha value is -1.88. The molecule has 1 aliphatic carbocycles. The third-order valence-corrected chi connectivity index (χ3v) is 5.78. The van der Waals surface area contributed by atoms with Gasteiger partial charge in [0.2, 0.25) is 5.91 Å². The Morgan fingerprint density at radius 2 is 1.76 bits per heavy atom. The van der Waals surface area contributed by atoms with Gasteiger partial charge in [0.15, 0.2) is 0 Å². The van der Waals surface area contributed by atoms with E-state index in [2.05, 4.69) is 0 Å². The van der Waals surface area contributed by atoms with Crippen molar-refractivity contribution in [1.29, 1.82) is 0 Å². The molecule has 0 bridgehead atoms. The van der Waals surface area contributed by atoms with Crippen LogP contribution in [0.5, 0.6) is 0 Å². The molecular formula is C20H28N2O3. The van der Waals surface area contributed by atoms with Crippen molar-refractivity contribution in [2.75, 3.05) is 20.1 Å². The van der Waals surface area contributed by atoms with Gasteiger partial charge >= 0.3 is 0 Å². The highest BCUT2D eigenvalue weighted by atomic mass is 16.3. The molecular weight excluding hydrogens is 316 g/mol. The van der Waals surface area contributed by atoms with Gasteiger partial charge in [0, 0.05) is 25.7 Å². The second kappa shape index (κ2) is 6.79. The molecule has 1 heterocycles. The Labute approximate surface area is 149 Å². The second-order valence-corrected chi connectivity index (χ2v) is 7.79. The van der Waals surface area contributed by atoms with Crippen LogP contribution in [-0.2, 0) is 4.79 Å². The van der Waals surface area contributed by atoms with Gasteiger partial charge in [-0.15, -0.1) is 0 Å². The SMILES string of the molecule is CN(CC1(O)CCCC1)C(=O)C1(C)CCCN1C(=O)c1ccccc1. The molecule has 1 aromatic rings. The average Bonchev–Trinajstić information content (AvgIpc) is 3.21. The fourth-order valence-electron chi connectivity index (χ4n) is 4.36. The summed E-state index contributed by atoms with van der Waals surface area (Å²) in [6.45, 7) is 2.79. The maximum Gasteiger partial charge on any atom is 0.254 e. The Bertz CT molecular complexity index is 640. The quantitative estimate of drug-likeness (QED) is 0.913. The minimum Gasteiger partial charge on any atom is -0.388 e. The van der Waals surface area contributed by atoms with Gasteiger partial charge in [-0.2, -0.15) is 0 Å². The van der Waals surface area contributed by atoms with Gasteiger partial charge < -0.3 is 14.9 Å². The number of nitrogens with zero attached hydrogens (tertiary/aromatic N) is 2. The smallest absolute Gasteiger partial charge is 0.254 e. The zero-order valence-corrected chi connectivity index (χ0v) is 15.2. The van der Waals surface area contributed by atoms with E-state index < -0.39 is 11.1 Å². The number of hydrogen-bond acceptors (Lipinski definition) is 3. The van der Waals surface area contributed by atoms with E-state index in [-0.39, 0.29) is 11.8 Å². The van der Waals surface area contributed by atoms with Gasteiger partial charge in [0.1, 0.15) is 5.54 Å². The number of likely N-dealkylation sites (tertiary alicyclic amines) is 1. The number of likely N-dealkylation sites (N-methyl/N-ethyl adjacent to an activating group) is 1. The molecule has 1 atom stereocenters. The molecule has 0 radical (unpaired) electrons. The molecule has 1 aromatic carbocycles. The number of hydrogen-bond donors (Lipinski definition) is 1. The van der Waals surface area contributed by atoms with Gasteiger partial charge in [-0.1, -0.05) is 31.0 Å². The molecule has 1 saturated heterocycles. The average molecular weight is 344 g/mol. The molecule has 136 valence electrons. The molecule has 0 spiro atoms. The minimum absolute atomic E-state index is 0.0744. The first-order valence-electron chi connectivity index (χ1n) is 9.21. The molecule has 2 fully saturated rings. The molecule has 25 heavy (non-hydrogen) atoms. The first-order valence-corrected chi connectivity index (χ1v) is 9.21. The van der Waals surface area contributed by atoms with Gasteiger partial charge in [-0.3, -0.25) is 9.59 Å². The number of rotatable bonds is 4. The molecule has 1 aliphatic heterocycles. The topological polar surface area (TPSA) is 60.9 Å². The maximum atomic E-state index is 13.2. The zero-order valence-electron chi connectivity index (χ0n) is 15.2. The van der Waals surface area contributed by atoms with Gasteiger partial charge in [-0.05, 0) is 44.7 Å². The van der Waals surface area contributed by atoms with Crippen LogP contribution in [0.15, 0.2) is 30.3 Å². The molecule has 0 aromatic heterocycles. The third-order valence-electron chi connectivity index (χ3n) is 5.78. The number of amides is 2. The van der Waals surface area contributed by atoms with E-state index in [1.54, 1.807) is 29.0 Å². The number of aliphatic hydroxyl groups is 1. The van der Waals surface area contributed by atoms with Crippen LogP contribution in [0.25, 0.3) is 0 Å². The zero-order chi connectivity index (χ0) is 18.1. The molecule has 3 rings (SSSR count). The van der Waals surface area contributed by atoms with Crippen LogP contribution in [0.3, 0.4) is 0 Å². The normalized spacial score (nSPS) is 25.2. The summed E-state index contributed by atoms with van der Waals surface area (Å²) < 4.78 is 0. The first kappa shape index (κ1) is 17.9. The van der Waals surface area contributed by atoms with Crippen LogP contribution in [0, 0.1) is 0 Å². The lowest BCUT2D eigenvalue weighted by Crippen LogP contribution is -2.57. The Balaban J connectivity index is 1.76. The van der Waals surface area contributed by atoms with Crippen molar-refractivity contribution in [2.24, 2.45) is 0 Å². The third kappa shape index (κ3) is 3.43. The summed E-state index contributed by atoms with van der Waals surface area (Å²) in [4.78, 5) is 29.4. The van der Waals surface area contributed by atoms with Crippen LogP contribution in [0.2, 0.25) is 0 Å². The Kier molecular flexibility index (Phi) is 4.87. The molecule has 5 nitrogen and oxygen atoms in total. The predicted molar refractivity (Wildman–Crippen MR) is 96.2 cm³/mol. The second-order valence-electron chi connectivity index (χ2n) is 7.79. The lowest BCUT2D eigenvalue weighted by molar-refractivity contribution is -0.142. The van der Waals surface area contributed by atoms with E-state index in [9.17, 15) is 14.7 Å². The van der Waals surface area contributed by atoms with Crippen molar-refractivity contribution in [1.82, 2.24) is 9.80 Å². The van der Waals surface area contributed by atoms with Crippen LogP contribution in [0.4, 0.5) is 0 Å². The summed E-state index contributed by atoms with van der Waals surface area (Å²) >= 11 is 0.